The number of nitrogen functional groups attached to an aromatic ring is 1. The van der Waals surface area contributed by atoms with Gasteiger partial charge in [0.2, 0.25) is 0 Å². The molecule has 0 bridgehead atoms. The van der Waals surface area contributed by atoms with Gasteiger partial charge < -0.3 is 10.6 Å². The Morgan fingerprint density at radius 1 is 1.60 bits per heavy atom. The first kappa shape index (κ1) is 9.70. The van der Waals surface area contributed by atoms with E-state index in [1.165, 1.54) is 12.1 Å². The van der Waals surface area contributed by atoms with Crippen LogP contribution in [0.4, 0.5) is 17.3 Å². The quantitative estimate of drug-likeness (QED) is 0.595. The van der Waals surface area contributed by atoms with Gasteiger partial charge in [-0.15, -0.1) is 0 Å². The highest BCUT2D eigenvalue weighted by Crippen LogP contribution is 2.31. The average molecular weight is 208 g/mol. The summed E-state index contributed by atoms with van der Waals surface area (Å²) >= 11 is 0. The van der Waals surface area contributed by atoms with Gasteiger partial charge in [0.05, 0.1) is 17.1 Å². The summed E-state index contributed by atoms with van der Waals surface area (Å²) in [7, 11) is 1.88. The van der Waals surface area contributed by atoms with E-state index in [1.807, 2.05) is 11.9 Å². The number of nitro groups is 1. The molecule has 1 fully saturated rings. The van der Waals surface area contributed by atoms with Crippen LogP contribution in [-0.2, 0) is 0 Å². The van der Waals surface area contributed by atoms with Crippen LogP contribution in [0.1, 0.15) is 12.8 Å². The lowest BCUT2D eigenvalue weighted by Gasteiger charge is -2.17. The number of hydrogen-bond donors (Lipinski definition) is 1. The molecule has 0 aromatic carbocycles. The summed E-state index contributed by atoms with van der Waals surface area (Å²) in [5.74, 6) is 0.760. The summed E-state index contributed by atoms with van der Waals surface area (Å²) in [4.78, 5) is 16.2. The molecule has 1 aromatic rings. The highest BCUT2D eigenvalue weighted by Gasteiger charge is 2.28. The van der Waals surface area contributed by atoms with Crippen LogP contribution in [0.15, 0.2) is 12.1 Å². The van der Waals surface area contributed by atoms with Crippen LogP contribution in [-0.4, -0.2) is 23.0 Å². The van der Waals surface area contributed by atoms with E-state index in [2.05, 4.69) is 4.98 Å². The highest BCUT2D eigenvalue weighted by molar-refractivity contribution is 5.54. The molecule has 0 amide bonds. The van der Waals surface area contributed by atoms with Gasteiger partial charge in [0, 0.05) is 13.1 Å². The van der Waals surface area contributed by atoms with Gasteiger partial charge in [-0.05, 0) is 12.8 Å². The molecule has 0 spiro atoms. The molecule has 1 heterocycles. The minimum Gasteiger partial charge on any atom is -0.383 e. The number of pyridine rings is 1. The smallest absolute Gasteiger partial charge is 0.276 e. The predicted octanol–water partition coefficient (Wildman–Crippen LogP) is 1.17. The molecule has 0 saturated heterocycles. The standard InChI is InChI=1S/C9H12N4O2/c1-12(6-2-3-6)9-5-7(13(14)15)4-8(10)11-9/h4-6H,2-3H2,1H3,(H2,10,11). The number of hydrogen-bond acceptors (Lipinski definition) is 5. The van der Waals surface area contributed by atoms with E-state index < -0.39 is 4.92 Å². The zero-order chi connectivity index (χ0) is 11.0. The second-order valence-corrected chi connectivity index (χ2v) is 3.71. The number of nitrogens with two attached hydrogens (primary N) is 1. The Bertz CT molecular complexity index is 403. The van der Waals surface area contributed by atoms with Gasteiger partial charge in [0.15, 0.2) is 0 Å². The molecule has 0 radical (unpaired) electrons. The molecule has 80 valence electrons. The summed E-state index contributed by atoms with van der Waals surface area (Å²) in [5, 5.41) is 10.6. The highest BCUT2D eigenvalue weighted by atomic mass is 16.6. The minimum absolute atomic E-state index is 0.00926. The van der Waals surface area contributed by atoms with E-state index in [0.717, 1.165) is 12.8 Å². The topological polar surface area (TPSA) is 85.3 Å². The second kappa shape index (κ2) is 3.38. The maximum Gasteiger partial charge on any atom is 0.276 e. The normalized spacial score (nSPS) is 15.0. The van der Waals surface area contributed by atoms with Crippen molar-refractivity contribution in [2.75, 3.05) is 17.7 Å². The van der Waals surface area contributed by atoms with Gasteiger partial charge in [-0.3, -0.25) is 10.1 Å². The molecule has 15 heavy (non-hydrogen) atoms. The fourth-order valence-corrected chi connectivity index (χ4v) is 1.46. The summed E-state index contributed by atoms with van der Waals surface area (Å²) in [5.41, 5.74) is 5.50. The first-order chi connectivity index (χ1) is 7.08. The monoisotopic (exact) mass is 208 g/mol. The number of rotatable bonds is 3. The van der Waals surface area contributed by atoms with Crippen molar-refractivity contribution in [1.82, 2.24) is 4.98 Å². The Hall–Kier alpha value is -1.85. The van der Waals surface area contributed by atoms with Crippen molar-refractivity contribution in [3.05, 3.63) is 22.2 Å². The van der Waals surface area contributed by atoms with Crippen molar-refractivity contribution in [2.24, 2.45) is 0 Å². The van der Waals surface area contributed by atoms with Gasteiger partial charge in [0.1, 0.15) is 11.6 Å². The fraction of sp³-hybridized carbons (Fsp3) is 0.444. The van der Waals surface area contributed by atoms with Crippen molar-refractivity contribution >= 4 is 17.3 Å². The van der Waals surface area contributed by atoms with Crippen molar-refractivity contribution in [3.8, 4) is 0 Å². The van der Waals surface area contributed by atoms with Crippen LogP contribution in [0.25, 0.3) is 0 Å². The van der Waals surface area contributed by atoms with Crippen LogP contribution < -0.4 is 10.6 Å². The number of anilines is 2. The Labute approximate surface area is 86.9 Å². The fourth-order valence-electron chi connectivity index (χ4n) is 1.46. The molecule has 1 saturated carbocycles. The molecule has 0 aliphatic heterocycles. The van der Waals surface area contributed by atoms with Crippen molar-refractivity contribution < 1.29 is 4.92 Å². The lowest BCUT2D eigenvalue weighted by molar-refractivity contribution is -0.384. The second-order valence-electron chi connectivity index (χ2n) is 3.71. The molecule has 0 unspecified atom stereocenters. The molecule has 6 nitrogen and oxygen atoms in total. The predicted molar refractivity (Wildman–Crippen MR) is 56.7 cm³/mol. The lowest BCUT2D eigenvalue weighted by atomic mass is 10.3. The SMILES string of the molecule is CN(c1cc([N+](=O)[O-])cc(N)n1)C1CC1. The van der Waals surface area contributed by atoms with E-state index in [4.69, 9.17) is 5.73 Å². The molecular weight excluding hydrogens is 196 g/mol. The van der Waals surface area contributed by atoms with Crippen molar-refractivity contribution in [1.29, 1.82) is 0 Å². The minimum atomic E-state index is -0.456. The van der Waals surface area contributed by atoms with Gasteiger partial charge >= 0.3 is 0 Å². The molecule has 1 aliphatic carbocycles. The van der Waals surface area contributed by atoms with E-state index in [-0.39, 0.29) is 11.5 Å². The van der Waals surface area contributed by atoms with Crippen LogP contribution in [0.5, 0.6) is 0 Å². The maximum atomic E-state index is 10.6. The van der Waals surface area contributed by atoms with E-state index in [0.29, 0.717) is 11.9 Å². The van der Waals surface area contributed by atoms with E-state index in [1.54, 1.807) is 0 Å². The van der Waals surface area contributed by atoms with E-state index in [9.17, 15) is 10.1 Å². The number of nitrogens with zero attached hydrogens (tertiary/aromatic N) is 3. The Kier molecular flexibility index (Phi) is 2.18. The molecule has 2 N–H and O–H groups in total. The zero-order valence-corrected chi connectivity index (χ0v) is 8.38. The molecule has 0 atom stereocenters. The summed E-state index contributed by atoms with van der Waals surface area (Å²) in [6.07, 6.45) is 2.22. The maximum absolute atomic E-state index is 10.6. The number of aromatic nitrogens is 1. The van der Waals surface area contributed by atoms with Gasteiger partial charge in [0.25, 0.3) is 5.69 Å². The first-order valence-corrected chi connectivity index (χ1v) is 4.72. The van der Waals surface area contributed by atoms with E-state index >= 15 is 0 Å². The average Bonchev–Trinajstić information content (AvgIpc) is 2.98. The molecule has 6 heteroatoms. The largest absolute Gasteiger partial charge is 0.383 e. The van der Waals surface area contributed by atoms with Crippen LogP contribution in [0, 0.1) is 10.1 Å². The lowest BCUT2D eigenvalue weighted by Crippen LogP contribution is -2.21. The Balaban J connectivity index is 2.33. The summed E-state index contributed by atoms with van der Waals surface area (Å²) in [6, 6.07) is 3.18. The van der Waals surface area contributed by atoms with Gasteiger partial charge in [-0.25, -0.2) is 4.98 Å². The van der Waals surface area contributed by atoms with Crippen LogP contribution in [0.2, 0.25) is 0 Å². The van der Waals surface area contributed by atoms with Crippen molar-refractivity contribution in [2.45, 2.75) is 18.9 Å². The van der Waals surface area contributed by atoms with Gasteiger partial charge in [-0.2, -0.15) is 0 Å². The Morgan fingerprint density at radius 2 is 2.27 bits per heavy atom. The van der Waals surface area contributed by atoms with Crippen LogP contribution >= 0.6 is 0 Å². The third kappa shape index (κ3) is 1.98. The van der Waals surface area contributed by atoms with Gasteiger partial charge in [-0.1, -0.05) is 0 Å². The summed E-state index contributed by atoms with van der Waals surface area (Å²) in [6.45, 7) is 0. The molecule has 2 rings (SSSR count). The van der Waals surface area contributed by atoms with Crippen LogP contribution in [0.3, 0.4) is 0 Å². The third-order valence-corrected chi connectivity index (χ3v) is 2.48. The first-order valence-electron chi connectivity index (χ1n) is 4.72. The zero-order valence-electron chi connectivity index (χ0n) is 8.38. The molecular formula is C9H12N4O2. The Morgan fingerprint density at radius 3 is 2.80 bits per heavy atom. The summed E-state index contributed by atoms with van der Waals surface area (Å²) < 4.78 is 0. The molecule has 1 aromatic heterocycles. The third-order valence-electron chi connectivity index (χ3n) is 2.48. The van der Waals surface area contributed by atoms with Crippen molar-refractivity contribution in [3.63, 3.8) is 0 Å². The molecule has 1 aliphatic rings.